The Balaban J connectivity index is 1.66. The molecule has 1 amide bonds. The Labute approximate surface area is 108 Å². The fourth-order valence-corrected chi connectivity index (χ4v) is 2.82. The molecule has 2 atom stereocenters. The van der Waals surface area contributed by atoms with Gasteiger partial charge in [0.2, 0.25) is 5.91 Å². The summed E-state index contributed by atoms with van der Waals surface area (Å²) in [5, 5.41) is 0. The first kappa shape index (κ1) is 12.4. The van der Waals surface area contributed by atoms with E-state index in [1.54, 1.807) is 0 Å². The van der Waals surface area contributed by atoms with Gasteiger partial charge in [-0.3, -0.25) is 4.79 Å². The zero-order valence-corrected chi connectivity index (χ0v) is 10.8. The van der Waals surface area contributed by atoms with Crippen molar-refractivity contribution in [3.63, 3.8) is 0 Å². The number of hydrogen-bond acceptors (Lipinski definition) is 4. The maximum Gasteiger partial charge on any atom is 0.245 e. The number of nitrogens with zero attached hydrogens (tertiary/aromatic N) is 1. The Morgan fingerprint density at radius 1 is 1.28 bits per heavy atom. The minimum absolute atomic E-state index is 0.0920. The van der Waals surface area contributed by atoms with Gasteiger partial charge in [-0.1, -0.05) is 0 Å². The normalized spacial score (nSPS) is 35.9. The summed E-state index contributed by atoms with van der Waals surface area (Å²) in [5.74, 6) is 0.579. The van der Waals surface area contributed by atoms with E-state index in [9.17, 15) is 4.79 Å². The SMILES string of the molecule is NC1(C(=O)N(CC2CCOC2)C2CC2)CCOC1. The summed E-state index contributed by atoms with van der Waals surface area (Å²) >= 11 is 0. The summed E-state index contributed by atoms with van der Waals surface area (Å²) in [6, 6.07) is 0.416. The highest BCUT2D eigenvalue weighted by molar-refractivity contribution is 5.87. The Morgan fingerprint density at radius 3 is 2.67 bits per heavy atom. The Morgan fingerprint density at radius 2 is 2.11 bits per heavy atom. The van der Waals surface area contributed by atoms with Crippen molar-refractivity contribution in [2.24, 2.45) is 11.7 Å². The van der Waals surface area contributed by atoms with Crippen LogP contribution in [0.25, 0.3) is 0 Å². The fraction of sp³-hybridized carbons (Fsp3) is 0.923. The summed E-state index contributed by atoms with van der Waals surface area (Å²) in [7, 11) is 0. The molecule has 1 aliphatic carbocycles. The van der Waals surface area contributed by atoms with E-state index in [0.29, 0.717) is 31.6 Å². The van der Waals surface area contributed by atoms with Crippen molar-refractivity contribution in [3.05, 3.63) is 0 Å². The monoisotopic (exact) mass is 254 g/mol. The van der Waals surface area contributed by atoms with Crippen molar-refractivity contribution in [1.82, 2.24) is 4.90 Å². The maximum atomic E-state index is 12.6. The largest absolute Gasteiger partial charge is 0.381 e. The molecule has 18 heavy (non-hydrogen) atoms. The molecule has 0 aromatic rings. The molecule has 3 fully saturated rings. The van der Waals surface area contributed by atoms with E-state index in [1.165, 1.54) is 0 Å². The van der Waals surface area contributed by atoms with Gasteiger partial charge in [0.15, 0.2) is 0 Å². The second-order valence-corrected chi connectivity index (χ2v) is 5.88. The zero-order valence-electron chi connectivity index (χ0n) is 10.8. The molecule has 0 aromatic heterocycles. The molecular weight excluding hydrogens is 232 g/mol. The van der Waals surface area contributed by atoms with Crippen LogP contribution >= 0.6 is 0 Å². The van der Waals surface area contributed by atoms with Crippen LogP contribution in [0.15, 0.2) is 0 Å². The summed E-state index contributed by atoms with van der Waals surface area (Å²) in [4.78, 5) is 14.6. The van der Waals surface area contributed by atoms with Gasteiger partial charge in [0.1, 0.15) is 5.54 Å². The van der Waals surface area contributed by atoms with Gasteiger partial charge < -0.3 is 20.1 Å². The van der Waals surface area contributed by atoms with Crippen LogP contribution in [-0.2, 0) is 14.3 Å². The van der Waals surface area contributed by atoms with E-state index in [4.69, 9.17) is 15.2 Å². The van der Waals surface area contributed by atoms with Gasteiger partial charge in [-0.05, 0) is 25.7 Å². The van der Waals surface area contributed by atoms with Crippen LogP contribution in [0.1, 0.15) is 25.7 Å². The second kappa shape index (κ2) is 4.79. The molecule has 0 radical (unpaired) electrons. The summed E-state index contributed by atoms with van der Waals surface area (Å²) in [6.07, 6.45) is 3.95. The highest BCUT2D eigenvalue weighted by Crippen LogP contribution is 2.32. The molecule has 0 spiro atoms. The minimum atomic E-state index is -0.776. The van der Waals surface area contributed by atoms with Crippen molar-refractivity contribution >= 4 is 5.91 Å². The van der Waals surface area contributed by atoms with Crippen LogP contribution in [0, 0.1) is 5.92 Å². The number of nitrogens with two attached hydrogens (primary N) is 1. The number of ether oxygens (including phenoxy) is 2. The van der Waals surface area contributed by atoms with E-state index in [2.05, 4.69) is 0 Å². The van der Waals surface area contributed by atoms with Crippen molar-refractivity contribution < 1.29 is 14.3 Å². The first-order valence-corrected chi connectivity index (χ1v) is 6.94. The minimum Gasteiger partial charge on any atom is -0.381 e. The molecule has 2 aliphatic heterocycles. The van der Waals surface area contributed by atoms with Gasteiger partial charge >= 0.3 is 0 Å². The van der Waals surface area contributed by atoms with Crippen LogP contribution in [0.4, 0.5) is 0 Å². The van der Waals surface area contributed by atoms with Crippen molar-refractivity contribution in [2.75, 3.05) is 33.0 Å². The third kappa shape index (κ3) is 2.39. The van der Waals surface area contributed by atoms with E-state index in [1.807, 2.05) is 4.90 Å². The molecular formula is C13H22N2O3. The van der Waals surface area contributed by atoms with Crippen LogP contribution in [0.3, 0.4) is 0 Å². The number of carbonyl (C=O) groups excluding carboxylic acids is 1. The third-order valence-electron chi connectivity index (χ3n) is 4.21. The lowest BCUT2D eigenvalue weighted by Gasteiger charge is -2.32. The Hall–Kier alpha value is -0.650. The smallest absolute Gasteiger partial charge is 0.245 e. The molecule has 5 nitrogen and oxygen atoms in total. The molecule has 0 aromatic carbocycles. The Bertz CT molecular complexity index is 318. The number of carbonyl (C=O) groups is 1. The average molecular weight is 254 g/mol. The molecule has 1 saturated carbocycles. The third-order valence-corrected chi connectivity index (χ3v) is 4.21. The van der Waals surface area contributed by atoms with Crippen molar-refractivity contribution in [2.45, 2.75) is 37.3 Å². The topological polar surface area (TPSA) is 64.8 Å². The van der Waals surface area contributed by atoms with E-state index in [0.717, 1.165) is 39.0 Å². The molecule has 3 rings (SSSR count). The highest BCUT2D eigenvalue weighted by Gasteiger charge is 2.45. The van der Waals surface area contributed by atoms with Gasteiger partial charge in [0.25, 0.3) is 0 Å². The molecule has 2 saturated heterocycles. The van der Waals surface area contributed by atoms with Crippen LogP contribution in [0.5, 0.6) is 0 Å². The zero-order chi connectivity index (χ0) is 12.6. The standard InChI is InChI=1S/C13H22N2O3/c14-13(4-6-18-9-13)12(16)15(11-1-2-11)7-10-3-5-17-8-10/h10-11H,1-9,14H2. The summed E-state index contributed by atoms with van der Waals surface area (Å²) < 4.78 is 10.7. The molecule has 3 aliphatic rings. The van der Waals surface area contributed by atoms with Crippen LogP contribution in [-0.4, -0.2) is 55.4 Å². The molecule has 0 bridgehead atoms. The lowest BCUT2D eigenvalue weighted by Crippen LogP contribution is -2.57. The van der Waals surface area contributed by atoms with Gasteiger partial charge in [-0.15, -0.1) is 0 Å². The molecule has 2 unspecified atom stereocenters. The lowest BCUT2D eigenvalue weighted by molar-refractivity contribution is -0.138. The summed E-state index contributed by atoms with van der Waals surface area (Å²) in [5.41, 5.74) is 5.42. The number of rotatable bonds is 4. The van der Waals surface area contributed by atoms with Gasteiger partial charge in [-0.2, -0.15) is 0 Å². The predicted molar refractivity (Wildman–Crippen MR) is 66.0 cm³/mol. The van der Waals surface area contributed by atoms with Gasteiger partial charge in [0.05, 0.1) is 13.2 Å². The number of hydrogen-bond donors (Lipinski definition) is 1. The molecule has 2 heterocycles. The van der Waals surface area contributed by atoms with Gasteiger partial charge in [0, 0.05) is 31.7 Å². The van der Waals surface area contributed by atoms with Crippen LogP contribution < -0.4 is 5.73 Å². The second-order valence-electron chi connectivity index (χ2n) is 5.88. The predicted octanol–water partition coefficient (Wildman–Crippen LogP) is 0.132. The first-order chi connectivity index (χ1) is 8.69. The van der Waals surface area contributed by atoms with E-state index in [-0.39, 0.29) is 5.91 Å². The molecule has 2 N–H and O–H groups in total. The molecule has 5 heteroatoms. The molecule has 102 valence electrons. The first-order valence-electron chi connectivity index (χ1n) is 6.94. The average Bonchev–Trinajstić information content (AvgIpc) is 2.89. The van der Waals surface area contributed by atoms with Gasteiger partial charge in [-0.25, -0.2) is 0 Å². The van der Waals surface area contributed by atoms with Crippen molar-refractivity contribution in [3.8, 4) is 0 Å². The maximum absolute atomic E-state index is 12.6. The quantitative estimate of drug-likeness (QED) is 0.774. The van der Waals surface area contributed by atoms with Crippen molar-refractivity contribution in [1.29, 1.82) is 0 Å². The summed E-state index contributed by atoms with van der Waals surface area (Å²) in [6.45, 7) is 3.39. The van der Waals surface area contributed by atoms with E-state index >= 15 is 0 Å². The fourth-order valence-electron chi connectivity index (χ4n) is 2.82. The Kier molecular flexibility index (Phi) is 3.30. The highest BCUT2D eigenvalue weighted by atomic mass is 16.5. The lowest BCUT2D eigenvalue weighted by atomic mass is 9.97. The van der Waals surface area contributed by atoms with E-state index < -0.39 is 5.54 Å². The van der Waals surface area contributed by atoms with Crippen LogP contribution in [0.2, 0.25) is 0 Å². The number of amides is 1.